The molecule has 0 radical (unpaired) electrons. The zero-order valence-electron chi connectivity index (χ0n) is 10.8. The van der Waals surface area contributed by atoms with E-state index in [0.29, 0.717) is 13.0 Å². The minimum Gasteiger partial charge on any atom is -0.389 e. The van der Waals surface area contributed by atoms with E-state index in [1.807, 2.05) is 36.4 Å². The lowest BCUT2D eigenvalue weighted by Gasteiger charge is -2.35. The third-order valence-electron chi connectivity index (χ3n) is 3.32. The van der Waals surface area contributed by atoms with Gasteiger partial charge in [0.2, 0.25) is 0 Å². The molecule has 0 fully saturated rings. The van der Waals surface area contributed by atoms with E-state index >= 15 is 0 Å². The van der Waals surface area contributed by atoms with Gasteiger partial charge in [0.05, 0.1) is 18.3 Å². The third kappa shape index (κ3) is 3.31. The van der Waals surface area contributed by atoms with Crippen molar-refractivity contribution in [3.63, 3.8) is 0 Å². The van der Waals surface area contributed by atoms with Crippen molar-refractivity contribution in [1.29, 1.82) is 0 Å². The number of aliphatic hydroxyl groups excluding tert-OH is 1. The van der Waals surface area contributed by atoms with Crippen molar-refractivity contribution in [2.75, 3.05) is 0 Å². The summed E-state index contributed by atoms with van der Waals surface area (Å²) in [5.74, 6) is 0. The van der Waals surface area contributed by atoms with E-state index in [1.54, 1.807) is 6.08 Å². The monoisotopic (exact) mass is 244 g/mol. The Labute approximate surface area is 109 Å². The molecular weight excluding hydrogens is 224 g/mol. The third-order valence-corrected chi connectivity index (χ3v) is 3.32. The molecule has 0 unspecified atom stereocenters. The topological polar surface area (TPSA) is 29.5 Å². The zero-order chi connectivity index (χ0) is 13.0. The van der Waals surface area contributed by atoms with E-state index in [9.17, 15) is 5.11 Å². The Kier molecular flexibility index (Phi) is 4.00. The van der Waals surface area contributed by atoms with Crippen LogP contribution in [0.25, 0.3) is 0 Å². The van der Waals surface area contributed by atoms with Gasteiger partial charge in [-0.3, -0.25) is 0 Å². The summed E-state index contributed by atoms with van der Waals surface area (Å²) in [7, 11) is 0. The van der Waals surface area contributed by atoms with Gasteiger partial charge >= 0.3 is 0 Å². The number of hydrogen-bond donors (Lipinski definition) is 1. The average molecular weight is 244 g/mol. The van der Waals surface area contributed by atoms with E-state index in [1.165, 1.54) is 0 Å². The van der Waals surface area contributed by atoms with Crippen LogP contribution in [0.2, 0.25) is 0 Å². The molecule has 0 saturated heterocycles. The summed E-state index contributed by atoms with van der Waals surface area (Å²) in [5, 5.41) is 9.84. The van der Waals surface area contributed by atoms with E-state index in [4.69, 9.17) is 4.74 Å². The second kappa shape index (κ2) is 5.51. The van der Waals surface area contributed by atoms with E-state index < -0.39 is 6.10 Å². The molecule has 1 N–H and O–H groups in total. The van der Waals surface area contributed by atoms with Gasteiger partial charge in [0, 0.05) is 12.8 Å². The fourth-order valence-electron chi connectivity index (χ4n) is 2.39. The Hall–Kier alpha value is -1.38. The number of aliphatic hydroxyl groups is 1. The smallest absolute Gasteiger partial charge is 0.0754 e. The number of allylic oxidation sites excluding steroid dienone is 1. The summed E-state index contributed by atoms with van der Waals surface area (Å²) in [4.78, 5) is 0. The maximum absolute atomic E-state index is 9.84. The van der Waals surface area contributed by atoms with Crippen LogP contribution < -0.4 is 0 Å². The molecule has 1 aromatic rings. The van der Waals surface area contributed by atoms with Crippen molar-refractivity contribution in [1.82, 2.24) is 0 Å². The molecule has 96 valence electrons. The van der Waals surface area contributed by atoms with Crippen LogP contribution in [0, 0.1) is 0 Å². The SMILES string of the molecule is C=CC1=C[C@@H](O)C[C@](C)(OCc2ccccc2)C1. The van der Waals surface area contributed by atoms with Crippen molar-refractivity contribution in [3.05, 3.63) is 60.2 Å². The van der Waals surface area contributed by atoms with Crippen LogP contribution in [0.1, 0.15) is 25.3 Å². The molecule has 0 heterocycles. The molecule has 2 nitrogen and oxygen atoms in total. The molecule has 0 spiro atoms. The van der Waals surface area contributed by atoms with Crippen LogP contribution in [-0.2, 0) is 11.3 Å². The van der Waals surface area contributed by atoms with Crippen LogP contribution in [0.5, 0.6) is 0 Å². The first-order chi connectivity index (χ1) is 8.61. The fourth-order valence-corrected chi connectivity index (χ4v) is 2.39. The minimum atomic E-state index is -0.437. The van der Waals surface area contributed by atoms with Gasteiger partial charge in [0.1, 0.15) is 0 Å². The fraction of sp³-hybridized carbons (Fsp3) is 0.375. The molecule has 0 aromatic heterocycles. The van der Waals surface area contributed by atoms with Crippen molar-refractivity contribution >= 4 is 0 Å². The number of rotatable bonds is 4. The first-order valence-corrected chi connectivity index (χ1v) is 6.30. The van der Waals surface area contributed by atoms with E-state index in [0.717, 1.165) is 17.6 Å². The van der Waals surface area contributed by atoms with Crippen LogP contribution in [0.3, 0.4) is 0 Å². The summed E-state index contributed by atoms with van der Waals surface area (Å²) in [6.45, 7) is 6.40. The van der Waals surface area contributed by atoms with Gasteiger partial charge in [-0.15, -0.1) is 0 Å². The predicted octanol–water partition coefficient (Wildman–Crippen LogP) is 3.23. The highest BCUT2D eigenvalue weighted by Gasteiger charge is 2.32. The Morgan fingerprint density at radius 1 is 1.44 bits per heavy atom. The summed E-state index contributed by atoms with van der Waals surface area (Å²) in [6, 6.07) is 10.1. The molecule has 18 heavy (non-hydrogen) atoms. The summed E-state index contributed by atoms with van der Waals surface area (Å²) >= 11 is 0. The molecule has 0 saturated carbocycles. The van der Waals surface area contributed by atoms with Gasteiger partial charge in [0.15, 0.2) is 0 Å². The second-order valence-corrected chi connectivity index (χ2v) is 5.12. The van der Waals surface area contributed by atoms with Gasteiger partial charge in [-0.25, -0.2) is 0 Å². The first kappa shape index (κ1) is 13.1. The van der Waals surface area contributed by atoms with Crippen molar-refractivity contribution in [2.45, 2.75) is 38.1 Å². The van der Waals surface area contributed by atoms with Crippen LogP contribution >= 0.6 is 0 Å². The zero-order valence-corrected chi connectivity index (χ0v) is 10.8. The van der Waals surface area contributed by atoms with Gasteiger partial charge < -0.3 is 9.84 Å². The summed E-state index contributed by atoms with van der Waals surface area (Å²) in [6.07, 6.45) is 4.66. The lowest BCUT2D eigenvalue weighted by molar-refractivity contribution is -0.0694. The summed E-state index contributed by atoms with van der Waals surface area (Å²) < 4.78 is 6.01. The van der Waals surface area contributed by atoms with E-state index in [-0.39, 0.29) is 5.60 Å². The minimum absolute atomic E-state index is 0.312. The Bertz CT molecular complexity index is 436. The molecule has 0 bridgehead atoms. The molecular formula is C16H20O2. The average Bonchev–Trinajstić information content (AvgIpc) is 2.37. The first-order valence-electron chi connectivity index (χ1n) is 6.30. The highest BCUT2D eigenvalue weighted by atomic mass is 16.5. The molecule has 2 rings (SSSR count). The normalized spacial score (nSPS) is 27.7. The van der Waals surface area contributed by atoms with Crippen LogP contribution in [0.4, 0.5) is 0 Å². The second-order valence-electron chi connectivity index (χ2n) is 5.12. The molecule has 2 heteroatoms. The molecule has 1 aromatic carbocycles. The standard InChI is InChI=1S/C16H20O2/c1-3-13-9-15(17)11-16(2,10-13)18-12-14-7-5-4-6-8-14/h3-9,15,17H,1,10-12H2,2H3/t15-,16-/m1/s1. The Morgan fingerprint density at radius 3 is 2.83 bits per heavy atom. The lowest BCUT2D eigenvalue weighted by atomic mass is 9.84. The molecule has 2 atom stereocenters. The molecule has 0 aliphatic heterocycles. The van der Waals surface area contributed by atoms with Gasteiger partial charge in [0.25, 0.3) is 0 Å². The highest BCUT2D eigenvalue weighted by Crippen LogP contribution is 2.32. The molecule has 0 amide bonds. The number of hydrogen-bond acceptors (Lipinski definition) is 2. The Balaban J connectivity index is 2.00. The maximum Gasteiger partial charge on any atom is 0.0754 e. The summed E-state index contributed by atoms with van der Waals surface area (Å²) in [5.41, 5.74) is 1.90. The van der Waals surface area contributed by atoms with Gasteiger partial charge in [-0.05, 0) is 18.1 Å². The van der Waals surface area contributed by atoms with Crippen LogP contribution in [0.15, 0.2) is 54.6 Å². The van der Waals surface area contributed by atoms with Crippen LogP contribution in [-0.4, -0.2) is 16.8 Å². The molecule has 1 aliphatic carbocycles. The number of benzene rings is 1. The van der Waals surface area contributed by atoms with Gasteiger partial charge in [-0.2, -0.15) is 0 Å². The molecule has 1 aliphatic rings. The quantitative estimate of drug-likeness (QED) is 0.881. The van der Waals surface area contributed by atoms with Crippen molar-refractivity contribution in [3.8, 4) is 0 Å². The van der Waals surface area contributed by atoms with Crippen molar-refractivity contribution in [2.24, 2.45) is 0 Å². The van der Waals surface area contributed by atoms with Gasteiger partial charge in [-0.1, -0.05) is 49.1 Å². The number of ether oxygens (including phenoxy) is 1. The lowest BCUT2D eigenvalue weighted by Crippen LogP contribution is -2.36. The Morgan fingerprint density at radius 2 is 2.17 bits per heavy atom. The maximum atomic E-state index is 9.84. The van der Waals surface area contributed by atoms with Crippen molar-refractivity contribution < 1.29 is 9.84 Å². The highest BCUT2D eigenvalue weighted by molar-refractivity contribution is 5.24. The predicted molar refractivity (Wildman–Crippen MR) is 73.2 cm³/mol. The largest absolute Gasteiger partial charge is 0.389 e. The van der Waals surface area contributed by atoms with E-state index in [2.05, 4.69) is 13.5 Å².